The van der Waals surface area contributed by atoms with Crippen molar-refractivity contribution in [1.29, 1.82) is 0 Å². The summed E-state index contributed by atoms with van der Waals surface area (Å²) in [4.78, 5) is 4.51. The van der Waals surface area contributed by atoms with E-state index in [1.165, 1.54) is 0 Å². The van der Waals surface area contributed by atoms with Crippen molar-refractivity contribution in [2.75, 3.05) is 13.1 Å². The normalized spacial score (nSPS) is 11.5. The Bertz CT molecular complexity index is 639. The van der Waals surface area contributed by atoms with Crippen molar-refractivity contribution in [3.63, 3.8) is 0 Å². The van der Waals surface area contributed by atoms with Gasteiger partial charge in [-0.15, -0.1) is 0 Å². The van der Waals surface area contributed by atoms with Crippen molar-refractivity contribution in [2.45, 2.75) is 33.2 Å². The number of aryl methyl sites for hydroxylation is 1. The van der Waals surface area contributed by atoms with Gasteiger partial charge in [0.05, 0.1) is 5.69 Å². The van der Waals surface area contributed by atoms with E-state index in [2.05, 4.69) is 20.8 Å². The fraction of sp³-hybridized carbons (Fsp3) is 0.412. The standard InChI is InChI=1S/C17H23ClN4O/c1-3-14-11-15(23-22-14)12-21-17(19-4-2)20-10-9-13-7-5-6-8-16(13)18/h5-8,11H,3-4,9-10,12H2,1-2H3,(H2,19,20,21). The van der Waals surface area contributed by atoms with Gasteiger partial charge < -0.3 is 15.2 Å². The van der Waals surface area contributed by atoms with Crippen LogP contribution in [0.3, 0.4) is 0 Å². The molecule has 1 aromatic carbocycles. The van der Waals surface area contributed by atoms with Crippen LogP contribution in [-0.2, 0) is 19.4 Å². The Balaban J connectivity index is 1.87. The van der Waals surface area contributed by atoms with Crippen LogP contribution in [0.25, 0.3) is 0 Å². The zero-order valence-corrected chi connectivity index (χ0v) is 14.4. The molecule has 0 fully saturated rings. The summed E-state index contributed by atoms with van der Waals surface area (Å²) in [6, 6.07) is 9.82. The van der Waals surface area contributed by atoms with Gasteiger partial charge in [-0.2, -0.15) is 0 Å². The average molecular weight is 335 g/mol. The first-order chi connectivity index (χ1) is 11.2. The second-order valence-corrected chi connectivity index (χ2v) is 5.51. The molecule has 2 N–H and O–H groups in total. The molecule has 124 valence electrons. The Morgan fingerprint density at radius 2 is 2.09 bits per heavy atom. The van der Waals surface area contributed by atoms with Crippen LogP contribution in [-0.4, -0.2) is 24.2 Å². The van der Waals surface area contributed by atoms with Gasteiger partial charge in [0.25, 0.3) is 0 Å². The lowest BCUT2D eigenvalue weighted by Crippen LogP contribution is -2.38. The molecule has 1 aromatic heterocycles. The van der Waals surface area contributed by atoms with Gasteiger partial charge in [0, 0.05) is 24.2 Å². The molecule has 5 nitrogen and oxygen atoms in total. The lowest BCUT2D eigenvalue weighted by molar-refractivity contribution is 0.379. The maximum atomic E-state index is 6.16. The second kappa shape index (κ2) is 9.20. The molecule has 0 bridgehead atoms. The second-order valence-electron chi connectivity index (χ2n) is 5.10. The summed E-state index contributed by atoms with van der Waals surface area (Å²) in [5, 5.41) is 11.3. The van der Waals surface area contributed by atoms with Gasteiger partial charge in [-0.1, -0.05) is 41.9 Å². The molecule has 0 saturated heterocycles. The largest absolute Gasteiger partial charge is 0.359 e. The Kier molecular flexibility index (Phi) is 6.94. The molecule has 0 saturated carbocycles. The van der Waals surface area contributed by atoms with E-state index in [4.69, 9.17) is 16.1 Å². The molecule has 6 heteroatoms. The monoisotopic (exact) mass is 334 g/mol. The van der Waals surface area contributed by atoms with Crippen molar-refractivity contribution in [1.82, 2.24) is 15.8 Å². The summed E-state index contributed by atoms with van der Waals surface area (Å²) in [7, 11) is 0. The van der Waals surface area contributed by atoms with Crippen molar-refractivity contribution < 1.29 is 4.52 Å². The molecular weight excluding hydrogens is 312 g/mol. The predicted molar refractivity (Wildman–Crippen MR) is 93.9 cm³/mol. The smallest absolute Gasteiger partial charge is 0.191 e. The number of benzene rings is 1. The van der Waals surface area contributed by atoms with Crippen LogP contribution in [0.2, 0.25) is 5.02 Å². The molecule has 0 amide bonds. The van der Waals surface area contributed by atoms with Gasteiger partial charge >= 0.3 is 0 Å². The Morgan fingerprint density at radius 3 is 2.78 bits per heavy atom. The minimum Gasteiger partial charge on any atom is -0.359 e. The van der Waals surface area contributed by atoms with E-state index < -0.39 is 0 Å². The van der Waals surface area contributed by atoms with Gasteiger partial charge in [0.15, 0.2) is 11.7 Å². The third-order valence-electron chi connectivity index (χ3n) is 3.35. The highest BCUT2D eigenvalue weighted by molar-refractivity contribution is 6.31. The topological polar surface area (TPSA) is 62.5 Å². The molecule has 0 unspecified atom stereocenters. The summed E-state index contributed by atoms with van der Waals surface area (Å²) in [6.45, 7) is 6.11. The molecule has 0 spiro atoms. The van der Waals surface area contributed by atoms with Gasteiger partial charge in [0.1, 0.15) is 6.54 Å². The first kappa shape index (κ1) is 17.3. The lowest BCUT2D eigenvalue weighted by atomic mass is 10.1. The van der Waals surface area contributed by atoms with E-state index in [0.29, 0.717) is 6.54 Å². The van der Waals surface area contributed by atoms with Gasteiger partial charge in [-0.25, -0.2) is 4.99 Å². The number of halogens is 1. The third kappa shape index (κ3) is 5.60. The molecule has 0 aliphatic heterocycles. The van der Waals surface area contributed by atoms with E-state index in [9.17, 15) is 0 Å². The number of nitrogens with one attached hydrogen (secondary N) is 2. The third-order valence-corrected chi connectivity index (χ3v) is 3.72. The fourth-order valence-electron chi connectivity index (χ4n) is 2.11. The first-order valence-electron chi connectivity index (χ1n) is 7.93. The van der Waals surface area contributed by atoms with Crippen LogP contribution >= 0.6 is 11.6 Å². The highest BCUT2D eigenvalue weighted by Gasteiger charge is 2.04. The van der Waals surface area contributed by atoms with Crippen LogP contribution < -0.4 is 10.6 Å². The number of rotatable bonds is 7. The quantitative estimate of drug-likeness (QED) is 0.603. The van der Waals surface area contributed by atoms with E-state index >= 15 is 0 Å². The Morgan fingerprint density at radius 1 is 1.26 bits per heavy atom. The SMILES string of the molecule is CCNC(=NCc1cc(CC)no1)NCCc1ccccc1Cl. The minimum atomic E-state index is 0.467. The zero-order chi connectivity index (χ0) is 16.5. The van der Waals surface area contributed by atoms with Crippen molar-refractivity contribution in [3.8, 4) is 0 Å². The van der Waals surface area contributed by atoms with Crippen molar-refractivity contribution in [3.05, 3.63) is 52.4 Å². The number of hydrogen-bond donors (Lipinski definition) is 2. The summed E-state index contributed by atoms with van der Waals surface area (Å²) in [6.07, 6.45) is 1.70. The van der Waals surface area contributed by atoms with Crippen LogP contribution in [0.1, 0.15) is 30.9 Å². The van der Waals surface area contributed by atoms with E-state index in [1.807, 2.05) is 44.2 Å². The highest BCUT2D eigenvalue weighted by atomic mass is 35.5. The van der Waals surface area contributed by atoms with Gasteiger partial charge in [-0.05, 0) is 31.4 Å². The van der Waals surface area contributed by atoms with E-state index in [1.54, 1.807) is 0 Å². The van der Waals surface area contributed by atoms with E-state index in [-0.39, 0.29) is 0 Å². The van der Waals surface area contributed by atoms with Crippen molar-refractivity contribution >= 4 is 17.6 Å². The molecule has 0 aliphatic carbocycles. The maximum absolute atomic E-state index is 6.16. The molecule has 2 rings (SSSR count). The summed E-state index contributed by atoms with van der Waals surface area (Å²) in [5.74, 6) is 1.53. The number of aromatic nitrogens is 1. The van der Waals surface area contributed by atoms with Crippen LogP contribution in [0.5, 0.6) is 0 Å². The minimum absolute atomic E-state index is 0.467. The van der Waals surface area contributed by atoms with Crippen LogP contribution in [0.15, 0.2) is 39.8 Å². The first-order valence-corrected chi connectivity index (χ1v) is 8.30. The molecule has 0 radical (unpaired) electrons. The molecule has 0 aliphatic rings. The molecule has 23 heavy (non-hydrogen) atoms. The Labute approximate surface area is 142 Å². The molecule has 1 heterocycles. The number of hydrogen-bond acceptors (Lipinski definition) is 3. The molecule has 0 atom stereocenters. The summed E-state index contributed by atoms with van der Waals surface area (Å²) in [5.41, 5.74) is 2.08. The van der Waals surface area contributed by atoms with Crippen LogP contribution in [0.4, 0.5) is 0 Å². The maximum Gasteiger partial charge on any atom is 0.191 e. The van der Waals surface area contributed by atoms with Gasteiger partial charge in [0.2, 0.25) is 0 Å². The van der Waals surface area contributed by atoms with Gasteiger partial charge in [-0.3, -0.25) is 0 Å². The average Bonchev–Trinajstić information content (AvgIpc) is 3.02. The zero-order valence-electron chi connectivity index (χ0n) is 13.6. The summed E-state index contributed by atoms with van der Waals surface area (Å²) >= 11 is 6.16. The van der Waals surface area contributed by atoms with Crippen molar-refractivity contribution in [2.24, 2.45) is 4.99 Å². The molecular formula is C17H23ClN4O. The number of aliphatic imine (C=N–C) groups is 1. The number of nitrogens with zero attached hydrogens (tertiary/aromatic N) is 2. The highest BCUT2D eigenvalue weighted by Crippen LogP contribution is 2.14. The lowest BCUT2D eigenvalue weighted by Gasteiger charge is -2.11. The predicted octanol–water partition coefficient (Wildman–Crippen LogP) is 3.19. The Hall–Kier alpha value is -2.01. The summed E-state index contributed by atoms with van der Waals surface area (Å²) < 4.78 is 5.24. The fourth-order valence-corrected chi connectivity index (χ4v) is 2.34. The van der Waals surface area contributed by atoms with Crippen LogP contribution in [0, 0.1) is 0 Å². The molecule has 2 aromatic rings. The van der Waals surface area contributed by atoms with E-state index in [0.717, 1.165) is 53.9 Å². The number of guanidine groups is 1.